The van der Waals surface area contributed by atoms with E-state index in [4.69, 9.17) is 0 Å². The SMILES string of the molecule is CCCCCN(CC1=C(c2ccccc2)C=CC(=O)C1=O)C(C)=O. The zero-order chi connectivity index (χ0) is 17.5. The maximum atomic E-state index is 12.4. The van der Waals surface area contributed by atoms with Crippen LogP contribution in [0.15, 0.2) is 48.1 Å². The summed E-state index contributed by atoms with van der Waals surface area (Å²) in [5.41, 5.74) is 2.00. The van der Waals surface area contributed by atoms with Crippen molar-refractivity contribution in [3.05, 3.63) is 53.6 Å². The lowest BCUT2D eigenvalue weighted by atomic mass is 9.90. The topological polar surface area (TPSA) is 54.5 Å². The summed E-state index contributed by atoms with van der Waals surface area (Å²) in [6.45, 7) is 4.38. The normalized spacial score (nSPS) is 14.2. The van der Waals surface area contributed by atoms with E-state index in [-0.39, 0.29) is 12.5 Å². The average molecular weight is 325 g/mol. The average Bonchev–Trinajstić information content (AvgIpc) is 2.58. The fraction of sp³-hybridized carbons (Fsp3) is 0.350. The van der Waals surface area contributed by atoms with E-state index in [9.17, 15) is 14.4 Å². The van der Waals surface area contributed by atoms with Crippen LogP contribution in [0, 0.1) is 0 Å². The first kappa shape index (κ1) is 17.9. The first-order valence-electron chi connectivity index (χ1n) is 8.35. The Balaban J connectivity index is 2.34. The molecule has 1 aliphatic carbocycles. The maximum absolute atomic E-state index is 12.4. The van der Waals surface area contributed by atoms with Crippen LogP contribution in [-0.4, -0.2) is 35.5 Å². The highest BCUT2D eigenvalue weighted by Gasteiger charge is 2.26. The number of carbonyl (C=O) groups is 3. The molecule has 4 nitrogen and oxygen atoms in total. The second kappa shape index (κ2) is 8.39. The Morgan fingerprint density at radius 1 is 1.04 bits per heavy atom. The Morgan fingerprint density at radius 2 is 1.75 bits per heavy atom. The summed E-state index contributed by atoms with van der Waals surface area (Å²) in [6, 6.07) is 9.48. The van der Waals surface area contributed by atoms with Crippen molar-refractivity contribution in [3.8, 4) is 0 Å². The zero-order valence-corrected chi connectivity index (χ0v) is 14.2. The lowest BCUT2D eigenvalue weighted by Gasteiger charge is -2.24. The van der Waals surface area contributed by atoms with Crippen molar-refractivity contribution in [1.29, 1.82) is 0 Å². The van der Waals surface area contributed by atoms with Crippen LogP contribution in [0.1, 0.15) is 38.7 Å². The molecule has 0 bridgehead atoms. The number of allylic oxidation sites excluding steroid dienone is 3. The van der Waals surface area contributed by atoms with E-state index in [0.29, 0.717) is 12.1 Å². The molecule has 0 radical (unpaired) electrons. The number of rotatable bonds is 7. The fourth-order valence-corrected chi connectivity index (χ4v) is 2.74. The number of hydrogen-bond donors (Lipinski definition) is 0. The van der Waals surface area contributed by atoms with Gasteiger partial charge in [0.1, 0.15) is 0 Å². The number of nitrogens with zero attached hydrogens (tertiary/aromatic N) is 1. The molecule has 0 N–H and O–H groups in total. The summed E-state index contributed by atoms with van der Waals surface area (Å²) in [4.78, 5) is 37.8. The smallest absolute Gasteiger partial charge is 0.231 e. The Labute approximate surface area is 142 Å². The molecule has 2 rings (SSSR count). The van der Waals surface area contributed by atoms with Crippen molar-refractivity contribution in [1.82, 2.24) is 4.90 Å². The number of benzene rings is 1. The molecule has 0 unspecified atom stereocenters. The van der Waals surface area contributed by atoms with Gasteiger partial charge in [-0.2, -0.15) is 0 Å². The minimum absolute atomic E-state index is 0.0826. The molecule has 0 fully saturated rings. The predicted octanol–water partition coefficient (Wildman–Crippen LogP) is 3.19. The summed E-state index contributed by atoms with van der Waals surface area (Å²) in [5, 5.41) is 0. The van der Waals surface area contributed by atoms with Gasteiger partial charge in [-0.1, -0.05) is 50.1 Å². The third-order valence-corrected chi connectivity index (χ3v) is 4.14. The summed E-state index contributed by atoms with van der Waals surface area (Å²) in [5.74, 6) is -1.12. The monoisotopic (exact) mass is 325 g/mol. The minimum atomic E-state index is -0.526. The lowest BCUT2D eigenvalue weighted by molar-refractivity contribution is -0.132. The zero-order valence-electron chi connectivity index (χ0n) is 14.2. The van der Waals surface area contributed by atoms with E-state index in [0.717, 1.165) is 30.4 Å². The van der Waals surface area contributed by atoms with E-state index in [1.165, 1.54) is 13.0 Å². The van der Waals surface area contributed by atoms with Crippen LogP contribution in [0.3, 0.4) is 0 Å². The molecule has 0 heterocycles. The van der Waals surface area contributed by atoms with E-state index < -0.39 is 11.6 Å². The van der Waals surface area contributed by atoms with Crippen LogP contribution < -0.4 is 0 Å². The number of Topliss-reactive ketones (excluding diaryl/α,β-unsaturated/α-hetero) is 1. The molecule has 0 atom stereocenters. The van der Waals surface area contributed by atoms with Gasteiger partial charge in [-0.15, -0.1) is 0 Å². The quantitative estimate of drug-likeness (QED) is 0.439. The van der Waals surface area contributed by atoms with E-state index in [1.807, 2.05) is 30.3 Å². The lowest BCUT2D eigenvalue weighted by Crippen LogP contribution is -2.35. The van der Waals surface area contributed by atoms with Crippen molar-refractivity contribution in [2.24, 2.45) is 0 Å². The maximum Gasteiger partial charge on any atom is 0.231 e. The Bertz CT molecular complexity index is 686. The third-order valence-electron chi connectivity index (χ3n) is 4.14. The number of amides is 1. The Kier molecular flexibility index (Phi) is 6.24. The van der Waals surface area contributed by atoms with E-state index in [1.54, 1.807) is 11.0 Å². The molecule has 1 aromatic carbocycles. The van der Waals surface area contributed by atoms with Gasteiger partial charge < -0.3 is 4.90 Å². The van der Waals surface area contributed by atoms with Crippen molar-refractivity contribution < 1.29 is 14.4 Å². The highest BCUT2D eigenvalue weighted by Crippen LogP contribution is 2.25. The van der Waals surface area contributed by atoms with Gasteiger partial charge >= 0.3 is 0 Å². The molecule has 1 amide bonds. The van der Waals surface area contributed by atoms with Gasteiger partial charge in [-0.05, 0) is 29.7 Å². The molecule has 0 spiro atoms. The number of hydrogen-bond acceptors (Lipinski definition) is 3. The molecule has 0 saturated carbocycles. The first-order valence-corrected chi connectivity index (χ1v) is 8.35. The number of carbonyl (C=O) groups excluding carboxylic acids is 3. The highest BCUT2D eigenvalue weighted by molar-refractivity contribution is 6.50. The van der Waals surface area contributed by atoms with Gasteiger partial charge in [-0.25, -0.2) is 0 Å². The van der Waals surface area contributed by atoms with E-state index >= 15 is 0 Å². The molecule has 1 aromatic rings. The van der Waals surface area contributed by atoms with Crippen molar-refractivity contribution in [2.45, 2.75) is 33.1 Å². The summed E-state index contributed by atoms with van der Waals surface area (Å²) in [6.07, 6.45) is 5.97. The molecular formula is C20H23NO3. The van der Waals surface area contributed by atoms with Crippen molar-refractivity contribution in [2.75, 3.05) is 13.1 Å². The second-order valence-electron chi connectivity index (χ2n) is 5.93. The Hall–Kier alpha value is -2.49. The summed E-state index contributed by atoms with van der Waals surface area (Å²) >= 11 is 0. The van der Waals surface area contributed by atoms with Gasteiger partial charge in [0.25, 0.3) is 0 Å². The van der Waals surface area contributed by atoms with Gasteiger partial charge in [0.15, 0.2) is 0 Å². The molecule has 0 saturated heterocycles. The number of ketones is 2. The predicted molar refractivity (Wildman–Crippen MR) is 94.3 cm³/mol. The molecule has 126 valence electrons. The fourth-order valence-electron chi connectivity index (χ4n) is 2.74. The Morgan fingerprint density at radius 3 is 2.38 bits per heavy atom. The van der Waals surface area contributed by atoms with Crippen LogP contribution in [0.2, 0.25) is 0 Å². The second-order valence-corrected chi connectivity index (χ2v) is 5.93. The van der Waals surface area contributed by atoms with Gasteiger partial charge in [-0.3, -0.25) is 14.4 Å². The van der Waals surface area contributed by atoms with Crippen LogP contribution >= 0.6 is 0 Å². The van der Waals surface area contributed by atoms with Crippen LogP contribution in [0.25, 0.3) is 5.57 Å². The molecule has 0 aromatic heterocycles. The molecule has 4 heteroatoms. The number of unbranched alkanes of at least 4 members (excludes halogenated alkanes) is 2. The highest BCUT2D eigenvalue weighted by atomic mass is 16.2. The third kappa shape index (κ3) is 4.28. The minimum Gasteiger partial charge on any atom is -0.338 e. The van der Waals surface area contributed by atoms with Gasteiger partial charge in [0.2, 0.25) is 17.5 Å². The summed E-state index contributed by atoms with van der Waals surface area (Å²) < 4.78 is 0. The van der Waals surface area contributed by atoms with Crippen molar-refractivity contribution >= 4 is 23.0 Å². The van der Waals surface area contributed by atoms with Crippen molar-refractivity contribution in [3.63, 3.8) is 0 Å². The first-order chi connectivity index (χ1) is 11.5. The summed E-state index contributed by atoms with van der Waals surface area (Å²) in [7, 11) is 0. The van der Waals surface area contributed by atoms with Gasteiger partial charge in [0, 0.05) is 19.0 Å². The van der Waals surface area contributed by atoms with Crippen LogP contribution in [0.4, 0.5) is 0 Å². The van der Waals surface area contributed by atoms with Gasteiger partial charge in [0.05, 0.1) is 6.54 Å². The van der Waals surface area contributed by atoms with E-state index in [2.05, 4.69) is 6.92 Å². The largest absolute Gasteiger partial charge is 0.338 e. The molecule has 24 heavy (non-hydrogen) atoms. The van der Waals surface area contributed by atoms with Crippen LogP contribution in [0.5, 0.6) is 0 Å². The molecule has 0 aliphatic heterocycles. The molecule has 1 aliphatic rings. The standard InChI is InChI=1S/C20H23NO3/c1-3-4-8-13-21(15(2)22)14-18-17(11-12-19(23)20(18)24)16-9-6-5-7-10-16/h5-7,9-12H,3-4,8,13-14H2,1-2H3. The molecular weight excluding hydrogens is 302 g/mol. The van der Waals surface area contributed by atoms with Crippen LogP contribution in [-0.2, 0) is 14.4 Å².